The Hall–Kier alpha value is -0.780. The molecule has 1 fully saturated rings. The van der Waals surface area contributed by atoms with E-state index in [1.165, 1.54) is 0 Å². The Balaban J connectivity index is 1.84. The Bertz CT molecular complexity index is 693. The first-order valence-electron chi connectivity index (χ1n) is 7.13. The fourth-order valence-electron chi connectivity index (χ4n) is 2.44. The van der Waals surface area contributed by atoms with Crippen molar-refractivity contribution in [3.05, 3.63) is 58.1 Å². The summed E-state index contributed by atoms with van der Waals surface area (Å²) in [7, 11) is 0. The molecule has 2 aromatic carbocycles. The van der Waals surface area contributed by atoms with Gasteiger partial charge in [-0.1, -0.05) is 39.1 Å². The van der Waals surface area contributed by atoms with E-state index in [-0.39, 0.29) is 6.10 Å². The number of hydrogen-bond donors (Lipinski definition) is 0. The van der Waals surface area contributed by atoms with Crippen LogP contribution in [0, 0.1) is 0 Å². The van der Waals surface area contributed by atoms with Gasteiger partial charge in [0.2, 0.25) is 5.79 Å². The second-order valence-electron chi connectivity index (χ2n) is 5.32. The number of ether oxygens (including phenoxy) is 3. The van der Waals surface area contributed by atoms with Gasteiger partial charge in [0, 0.05) is 10.6 Å². The first-order valence-corrected chi connectivity index (χ1v) is 9.01. The van der Waals surface area contributed by atoms with Crippen LogP contribution in [-0.4, -0.2) is 18.0 Å². The zero-order chi connectivity index (χ0) is 16.4. The van der Waals surface area contributed by atoms with Crippen molar-refractivity contribution in [1.29, 1.82) is 0 Å². The summed E-state index contributed by atoms with van der Waals surface area (Å²) in [6, 6.07) is 12.6. The van der Waals surface area contributed by atoms with Crippen molar-refractivity contribution < 1.29 is 14.2 Å². The van der Waals surface area contributed by atoms with Crippen molar-refractivity contribution in [3.8, 4) is 11.5 Å². The van der Waals surface area contributed by atoms with E-state index in [1.54, 1.807) is 30.3 Å². The van der Waals surface area contributed by atoms with E-state index in [9.17, 15) is 0 Å². The molecule has 3 rings (SSSR count). The second-order valence-corrected chi connectivity index (χ2v) is 6.73. The Kier molecular flexibility index (Phi) is 5.19. The molecule has 2 unspecified atom stereocenters. The third kappa shape index (κ3) is 3.67. The van der Waals surface area contributed by atoms with Crippen LogP contribution in [0.3, 0.4) is 0 Å². The van der Waals surface area contributed by atoms with Crippen molar-refractivity contribution in [2.45, 2.75) is 18.8 Å². The van der Waals surface area contributed by atoms with Crippen LogP contribution in [0.2, 0.25) is 10.0 Å². The predicted octanol–water partition coefficient (Wildman–Crippen LogP) is 5.77. The predicted molar refractivity (Wildman–Crippen MR) is 94.9 cm³/mol. The third-order valence-corrected chi connectivity index (χ3v) is 4.82. The molecule has 3 nitrogen and oxygen atoms in total. The van der Waals surface area contributed by atoms with Crippen molar-refractivity contribution in [1.82, 2.24) is 0 Å². The summed E-state index contributed by atoms with van der Waals surface area (Å²) < 4.78 is 17.5. The standard InChI is InChI=1S/C17H15BrCl2O3/c1-11-9-21-17(10-18,23-11)15-7-6-14(8-16(15)20)22-13-4-2-12(19)3-5-13/h2-8,11H,9-10H2,1H3. The van der Waals surface area contributed by atoms with E-state index in [1.807, 2.05) is 19.1 Å². The van der Waals surface area contributed by atoms with Gasteiger partial charge in [-0.2, -0.15) is 0 Å². The highest BCUT2D eigenvalue weighted by molar-refractivity contribution is 9.09. The molecular formula is C17H15BrCl2O3. The molecular weight excluding hydrogens is 403 g/mol. The summed E-state index contributed by atoms with van der Waals surface area (Å²) in [5.74, 6) is 0.474. The lowest BCUT2D eigenvalue weighted by Crippen LogP contribution is -2.30. The molecule has 0 N–H and O–H groups in total. The Morgan fingerprint density at radius 1 is 1.17 bits per heavy atom. The molecule has 0 aliphatic carbocycles. The van der Waals surface area contributed by atoms with E-state index >= 15 is 0 Å². The SMILES string of the molecule is CC1COC(CBr)(c2ccc(Oc3ccc(Cl)cc3)cc2Cl)O1. The van der Waals surface area contributed by atoms with Gasteiger partial charge in [-0.15, -0.1) is 0 Å². The van der Waals surface area contributed by atoms with Gasteiger partial charge >= 0.3 is 0 Å². The molecule has 122 valence electrons. The molecule has 1 saturated heterocycles. The average Bonchev–Trinajstić information content (AvgIpc) is 2.92. The van der Waals surface area contributed by atoms with E-state index in [0.717, 1.165) is 5.56 Å². The molecule has 0 spiro atoms. The molecule has 1 aliphatic heterocycles. The Morgan fingerprint density at radius 3 is 2.43 bits per heavy atom. The molecule has 2 atom stereocenters. The largest absolute Gasteiger partial charge is 0.457 e. The lowest BCUT2D eigenvalue weighted by Gasteiger charge is -2.27. The maximum atomic E-state index is 6.43. The Morgan fingerprint density at radius 2 is 1.87 bits per heavy atom. The van der Waals surface area contributed by atoms with Gasteiger partial charge in [-0.25, -0.2) is 0 Å². The van der Waals surface area contributed by atoms with Crippen LogP contribution in [-0.2, 0) is 15.3 Å². The minimum Gasteiger partial charge on any atom is -0.457 e. The molecule has 0 radical (unpaired) electrons. The molecule has 1 heterocycles. The first-order chi connectivity index (χ1) is 11.0. The molecule has 1 aliphatic rings. The highest BCUT2D eigenvalue weighted by atomic mass is 79.9. The number of benzene rings is 2. The zero-order valence-corrected chi connectivity index (χ0v) is 15.5. The molecule has 0 amide bonds. The lowest BCUT2D eigenvalue weighted by molar-refractivity contribution is -0.154. The van der Waals surface area contributed by atoms with Gasteiger partial charge in [-0.3, -0.25) is 0 Å². The van der Waals surface area contributed by atoms with Crippen LogP contribution in [0.5, 0.6) is 11.5 Å². The molecule has 0 bridgehead atoms. The van der Waals surface area contributed by atoms with Crippen molar-refractivity contribution in [3.63, 3.8) is 0 Å². The zero-order valence-electron chi connectivity index (χ0n) is 12.4. The fourth-order valence-corrected chi connectivity index (χ4v) is 3.47. The van der Waals surface area contributed by atoms with Gasteiger partial charge in [-0.05, 0) is 49.4 Å². The third-order valence-electron chi connectivity index (χ3n) is 3.52. The van der Waals surface area contributed by atoms with E-state index in [4.69, 9.17) is 37.4 Å². The molecule has 0 aromatic heterocycles. The average molecular weight is 418 g/mol. The minimum absolute atomic E-state index is 0.0219. The minimum atomic E-state index is -0.852. The van der Waals surface area contributed by atoms with E-state index < -0.39 is 5.79 Å². The second kappa shape index (κ2) is 6.99. The number of hydrogen-bond acceptors (Lipinski definition) is 3. The molecule has 6 heteroatoms. The maximum Gasteiger partial charge on any atom is 0.206 e. The summed E-state index contributed by atoms with van der Waals surface area (Å²) in [5, 5.41) is 1.70. The van der Waals surface area contributed by atoms with Gasteiger partial charge in [0.15, 0.2) is 0 Å². The fraction of sp³-hybridized carbons (Fsp3) is 0.294. The van der Waals surface area contributed by atoms with Gasteiger partial charge in [0.25, 0.3) is 0 Å². The lowest BCUT2D eigenvalue weighted by atomic mass is 10.1. The van der Waals surface area contributed by atoms with Gasteiger partial charge in [0.1, 0.15) is 11.5 Å². The van der Waals surface area contributed by atoms with Crippen molar-refractivity contribution in [2.75, 3.05) is 11.9 Å². The molecule has 2 aromatic rings. The summed E-state index contributed by atoms with van der Waals surface area (Å²) in [4.78, 5) is 0. The van der Waals surface area contributed by atoms with Crippen LogP contribution in [0.15, 0.2) is 42.5 Å². The molecule has 23 heavy (non-hydrogen) atoms. The summed E-state index contributed by atoms with van der Waals surface area (Å²) in [6.45, 7) is 2.50. The van der Waals surface area contributed by atoms with Crippen LogP contribution in [0.1, 0.15) is 12.5 Å². The van der Waals surface area contributed by atoms with E-state index in [2.05, 4.69) is 15.9 Å². The van der Waals surface area contributed by atoms with E-state index in [0.29, 0.717) is 33.5 Å². The highest BCUT2D eigenvalue weighted by Gasteiger charge is 2.42. The Labute approximate surface area is 153 Å². The summed E-state index contributed by atoms with van der Waals surface area (Å²) >= 11 is 15.8. The smallest absolute Gasteiger partial charge is 0.206 e. The first kappa shape index (κ1) is 17.1. The van der Waals surface area contributed by atoms with Crippen LogP contribution in [0.4, 0.5) is 0 Å². The number of halogens is 3. The van der Waals surface area contributed by atoms with Gasteiger partial charge in [0.05, 0.1) is 23.1 Å². The van der Waals surface area contributed by atoms with Crippen LogP contribution < -0.4 is 4.74 Å². The maximum absolute atomic E-state index is 6.43. The highest BCUT2D eigenvalue weighted by Crippen LogP contribution is 2.41. The van der Waals surface area contributed by atoms with Gasteiger partial charge < -0.3 is 14.2 Å². The van der Waals surface area contributed by atoms with Crippen molar-refractivity contribution >= 4 is 39.1 Å². The quantitative estimate of drug-likeness (QED) is 0.591. The topological polar surface area (TPSA) is 27.7 Å². The summed E-state index contributed by atoms with van der Waals surface area (Å²) in [5.41, 5.74) is 0.781. The normalized spacial score (nSPS) is 23.9. The number of rotatable bonds is 4. The van der Waals surface area contributed by atoms with Crippen LogP contribution >= 0.6 is 39.1 Å². The molecule has 0 saturated carbocycles. The van der Waals surface area contributed by atoms with Crippen LogP contribution in [0.25, 0.3) is 0 Å². The van der Waals surface area contributed by atoms with Crippen molar-refractivity contribution in [2.24, 2.45) is 0 Å². The monoisotopic (exact) mass is 416 g/mol. The number of alkyl halides is 1. The summed E-state index contributed by atoms with van der Waals surface area (Å²) in [6.07, 6.45) is 0.0219.